The first-order valence-corrected chi connectivity index (χ1v) is 11.1. The van der Waals surface area contributed by atoms with Crippen molar-refractivity contribution in [3.8, 4) is 0 Å². The molecule has 8 heteroatoms. The van der Waals surface area contributed by atoms with E-state index in [0.29, 0.717) is 17.5 Å². The standard InChI is InChI=1S/C19H26N2O4S2/c1-13(2)11-21(12-14(3)4)17-8-7-15(10-16(17)19(22)23)20-27(24,25)18-6-5-9-26-18/h5-10,13-14,20H,11-12H2,1-4H3,(H,22,23). The van der Waals surface area contributed by atoms with Crippen LogP contribution in [0.5, 0.6) is 0 Å². The summed E-state index contributed by atoms with van der Waals surface area (Å²) in [5.41, 5.74) is 0.922. The highest BCUT2D eigenvalue weighted by atomic mass is 32.2. The van der Waals surface area contributed by atoms with E-state index >= 15 is 0 Å². The van der Waals surface area contributed by atoms with Gasteiger partial charge in [0.2, 0.25) is 0 Å². The Hall–Kier alpha value is -2.06. The molecule has 0 aliphatic heterocycles. The summed E-state index contributed by atoms with van der Waals surface area (Å²) in [5, 5.41) is 11.4. The van der Waals surface area contributed by atoms with Gasteiger partial charge in [0.05, 0.1) is 11.3 Å². The second kappa shape index (κ2) is 8.75. The maximum atomic E-state index is 12.4. The van der Waals surface area contributed by atoms with Crippen molar-refractivity contribution in [1.82, 2.24) is 0 Å². The van der Waals surface area contributed by atoms with E-state index in [1.807, 2.05) is 0 Å². The fraction of sp³-hybridized carbons (Fsp3) is 0.421. The molecule has 2 rings (SSSR count). The molecule has 0 unspecified atom stereocenters. The van der Waals surface area contributed by atoms with Gasteiger partial charge in [0.25, 0.3) is 10.0 Å². The van der Waals surface area contributed by atoms with Crippen LogP contribution in [0, 0.1) is 11.8 Å². The highest BCUT2D eigenvalue weighted by molar-refractivity contribution is 7.94. The van der Waals surface area contributed by atoms with Crippen molar-refractivity contribution in [3.63, 3.8) is 0 Å². The molecule has 0 fully saturated rings. The average molecular weight is 411 g/mol. The summed E-state index contributed by atoms with van der Waals surface area (Å²) < 4.78 is 27.4. The number of anilines is 2. The lowest BCUT2D eigenvalue weighted by Crippen LogP contribution is -2.32. The number of nitrogens with zero attached hydrogens (tertiary/aromatic N) is 1. The molecule has 0 spiro atoms. The van der Waals surface area contributed by atoms with Crippen LogP contribution in [0.1, 0.15) is 38.1 Å². The molecular weight excluding hydrogens is 384 g/mol. The van der Waals surface area contributed by atoms with Crippen LogP contribution in [-0.2, 0) is 10.0 Å². The minimum atomic E-state index is -3.72. The largest absolute Gasteiger partial charge is 0.478 e. The topological polar surface area (TPSA) is 86.7 Å². The Morgan fingerprint density at radius 3 is 2.26 bits per heavy atom. The molecule has 0 aliphatic rings. The number of hydrogen-bond donors (Lipinski definition) is 2. The number of benzene rings is 1. The van der Waals surface area contributed by atoms with E-state index in [1.165, 1.54) is 12.1 Å². The molecule has 1 aromatic heterocycles. The first kappa shape index (κ1) is 21.2. The number of carboxylic acids is 1. The zero-order chi connectivity index (χ0) is 20.2. The highest BCUT2D eigenvalue weighted by Gasteiger charge is 2.21. The summed E-state index contributed by atoms with van der Waals surface area (Å²) >= 11 is 1.11. The number of nitrogens with one attached hydrogen (secondary N) is 1. The summed E-state index contributed by atoms with van der Waals surface area (Å²) in [6.07, 6.45) is 0. The van der Waals surface area contributed by atoms with E-state index < -0.39 is 16.0 Å². The third-order valence-electron chi connectivity index (χ3n) is 3.75. The van der Waals surface area contributed by atoms with E-state index in [1.54, 1.807) is 23.6 Å². The van der Waals surface area contributed by atoms with Gasteiger partial charge in [0.15, 0.2) is 0 Å². The summed E-state index contributed by atoms with van der Waals surface area (Å²) in [5.74, 6) is -0.357. The number of sulfonamides is 1. The number of thiophene rings is 1. The van der Waals surface area contributed by atoms with Crippen LogP contribution in [0.15, 0.2) is 39.9 Å². The summed E-state index contributed by atoms with van der Waals surface area (Å²) in [4.78, 5) is 13.9. The second-order valence-corrected chi connectivity index (χ2v) is 10.1. The SMILES string of the molecule is CC(C)CN(CC(C)C)c1ccc(NS(=O)(=O)c2cccs2)cc1C(=O)O. The van der Waals surface area contributed by atoms with Gasteiger partial charge < -0.3 is 10.0 Å². The lowest BCUT2D eigenvalue weighted by atomic mass is 10.1. The van der Waals surface area contributed by atoms with Gasteiger partial charge in [-0.25, -0.2) is 13.2 Å². The molecule has 1 aromatic carbocycles. The molecule has 2 N–H and O–H groups in total. The first-order chi connectivity index (χ1) is 12.6. The van der Waals surface area contributed by atoms with Crippen molar-refractivity contribution in [3.05, 3.63) is 41.3 Å². The van der Waals surface area contributed by atoms with Crippen LogP contribution < -0.4 is 9.62 Å². The zero-order valence-corrected chi connectivity index (χ0v) is 17.6. The highest BCUT2D eigenvalue weighted by Crippen LogP contribution is 2.28. The van der Waals surface area contributed by atoms with Crippen molar-refractivity contribution in [2.75, 3.05) is 22.7 Å². The van der Waals surface area contributed by atoms with Gasteiger partial charge in [-0.3, -0.25) is 4.72 Å². The van der Waals surface area contributed by atoms with Crippen LogP contribution in [-0.4, -0.2) is 32.6 Å². The smallest absolute Gasteiger partial charge is 0.337 e. The normalized spacial score (nSPS) is 11.8. The Balaban J connectivity index is 2.39. The maximum absolute atomic E-state index is 12.4. The average Bonchev–Trinajstić information content (AvgIpc) is 3.08. The molecule has 1 heterocycles. The van der Waals surface area contributed by atoms with E-state index in [0.717, 1.165) is 24.4 Å². The van der Waals surface area contributed by atoms with Crippen LogP contribution in [0.4, 0.5) is 11.4 Å². The third kappa shape index (κ3) is 5.71. The number of carboxylic acid groups (broad SMARTS) is 1. The van der Waals surface area contributed by atoms with Crippen LogP contribution >= 0.6 is 11.3 Å². The van der Waals surface area contributed by atoms with Gasteiger partial charge in [0, 0.05) is 18.8 Å². The predicted molar refractivity (Wildman–Crippen MR) is 110 cm³/mol. The molecule has 6 nitrogen and oxygen atoms in total. The molecule has 27 heavy (non-hydrogen) atoms. The number of aromatic carboxylic acids is 1. The van der Waals surface area contributed by atoms with Crippen molar-refractivity contribution in [2.45, 2.75) is 31.9 Å². The van der Waals surface area contributed by atoms with Crippen LogP contribution in [0.3, 0.4) is 0 Å². The monoisotopic (exact) mass is 410 g/mol. The van der Waals surface area contributed by atoms with Gasteiger partial charge in [0.1, 0.15) is 4.21 Å². The second-order valence-electron chi connectivity index (χ2n) is 7.27. The molecule has 0 saturated heterocycles. The Bertz CT molecular complexity index is 865. The number of hydrogen-bond acceptors (Lipinski definition) is 5. The number of rotatable bonds is 9. The van der Waals surface area contributed by atoms with Crippen molar-refractivity contribution >= 4 is 38.7 Å². The summed E-state index contributed by atoms with van der Waals surface area (Å²) in [6, 6.07) is 7.84. The predicted octanol–water partition coefficient (Wildman–Crippen LogP) is 4.37. The van der Waals surface area contributed by atoms with Gasteiger partial charge in [-0.2, -0.15) is 0 Å². The zero-order valence-electron chi connectivity index (χ0n) is 16.0. The summed E-state index contributed by atoms with van der Waals surface area (Å²) in [6.45, 7) is 9.76. The fourth-order valence-electron chi connectivity index (χ4n) is 2.82. The van der Waals surface area contributed by atoms with Gasteiger partial charge in [-0.15, -0.1) is 11.3 Å². The maximum Gasteiger partial charge on any atom is 0.337 e. The molecule has 0 saturated carbocycles. The Kier molecular flexibility index (Phi) is 6.89. The van der Waals surface area contributed by atoms with Gasteiger partial charge in [-0.05, 0) is 41.5 Å². The van der Waals surface area contributed by atoms with E-state index in [-0.39, 0.29) is 15.5 Å². The quantitative estimate of drug-likeness (QED) is 0.641. The molecule has 0 aliphatic carbocycles. The molecule has 148 valence electrons. The third-order valence-corrected chi connectivity index (χ3v) is 6.53. The molecule has 2 aromatic rings. The lowest BCUT2D eigenvalue weighted by Gasteiger charge is -2.30. The van der Waals surface area contributed by atoms with E-state index in [9.17, 15) is 18.3 Å². The lowest BCUT2D eigenvalue weighted by molar-refractivity contribution is 0.0697. The van der Waals surface area contributed by atoms with Crippen molar-refractivity contribution < 1.29 is 18.3 Å². The van der Waals surface area contributed by atoms with Crippen LogP contribution in [0.2, 0.25) is 0 Å². The Morgan fingerprint density at radius 2 is 1.78 bits per heavy atom. The van der Waals surface area contributed by atoms with Crippen LogP contribution in [0.25, 0.3) is 0 Å². The number of carbonyl (C=O) groups is 1. The summed E-state index contributed by atoms with van der Waals surface area (Å²) in [7, 11) is -3.72. The van der Waals surface area contributed by atoms with Crippen molar-refractivity contribution in [1.29, 1.82) is 0 Å². The minimum absolute atomic E-state index is 0.0858. The first-order valence-electron chi connectivity index (χ1n) is 8.78. The van der Waals surface area contributed by atoms with Gasteiger partial charge >= 0.3 is 5.97 Å². The minimum Gasteiger partial charge on any atom is -0.478 e. The molecular formula is C19H26N2O4S2. The van der Waals surface area contributed by atoms with E-state index in [4.69, 9.17) is 0 Å². The Morgan fingerprint density at radius 1 is 1.15 bits per heavy atom. The van der Waals surface area contributed by atoms with E-state index in [2.05, 4.69) is 37.3 Å². The van der Waals surface area contributed by atoms with Crippen molar-refractivity contribution in [2.24, 2.45) is 11.8 Å². The molecule has 0 amide bonds. The fourth-order valence-corrected chi connectivity index (χ4v) is 4.86. The molecule has 0 atom stereocenters. The Labute approximate surface area is 164 Å². The molecule has 0 bridgehead atoms. The van der Waals surface area contributed by atoms with Gasteiger partial charge in [-0.1, -0.05) is 33.8 Å². The molecule has 0 radical (unpaired) electrons.